The van der Waals surface area contributed by atoms with Crippen LogP contribution in [-0.2, 0) is 16.1 Å². The van der Waals surface area contributed by atoms with E-state index in [1.807, 2.05) is 25.2 Å². The number of rotatable bonds is 10. The Morgan fingerprint density at radius 2 is 1.85 bits per heavy atom. The van der Waals surface area contributed by atoms with Gasteiger partial charge in [0, 0.05) is 19.6 Å². The number of nitrogens with one attached hydrogen (secondary N) is 1. The van der Waals surface area contributed by atoms with Crippen molar-refractivity contribution in [2.45, 2.75) is 25.5 Å². The zero-order valence-electron chi connectivity index (χ0n) is 15.8. The molecule has 0 saturated carbocycles. The summed E-state index contributed by atoms with van der Waals surface area (Å²) in [4.78, 5) is 14.3. The second kappa shape index (κ2) is 10.8. The van der Waals surface area contributed by atoms with Crippen molar-refractivity contribution in [2.24, 2.45) is 5.92 Å². The molecule has 0 aromatic heterocycles. The lowest BCUT2D eigenvalue weighted by atomic mass is 9.93. The summed E-state index contributed by atoms with van der Waals surface area (Å²) < 4.78 is 18.7. The average molecular weight is 374 g/mol. The number of hydroxylamine groups is 1. The maximum Gasteiger partial charge on any atom is 0.246 e. The van der Waals surface area contributed by atoms with E-state index in [0.29, 0.717) is 19.4 Å². The number of carbonyl (C=O) groups excluding carboxylic acids is 1. The predicted octanol–water partition coefficient (Wildman–Crippen LogP) is 3.55. The first-order chi connectivity index (χ1) is 13.0. The summed E-state index contributed by atoms with van der Waals surface area (Å²) in [7, 11) is 3.55. The minimum Gasteiger partial charge on any atom is -0.377 e. The van der Waals surface area contributed by atoms with E-state index in [0.717, 1.165) is 12.1 Å². The minimum absolute atomic E-state index is 0.319. The number of amides is 1. The van der Waals surface area contributed by atoms with Crippen LogP contribution >= 0.6 is 0 Å². The van der Waals surface area contributed by atoms with Crippen LogP contribution in [0.5, 0.6) is 0 Å². The molecular formula is C21H27FN2O3. The van der Waals surface area contributed by atoms with Gasteiger partial charge in [-0.25, -0.2) is 9.87 Å². The van der Waals surface area contributed by atoms with Gasteiger partial charge < -0.3 is 9.64 Å². The van der Waals surface area contributed by atoms with Gasteiger partial charge in [-0.3, -0.25) is 10.0 Å². The van der Waals surface area contributed by atoms with Gasteiger partial charge in [-0.2, -0.15) is 0 Å². The van der Waals surface area contributed by atoms with Gasteiger partial charge in [0.1, 0.15) is 5.82 Å². The summed E-state index contributed by atoms with van der Waals surface area (Å²) in [5.74, 6) is -1.18. The number of nitrogens with zero attached hydrogens (tertiary/aromatic N) is 1. The maximum absolute atomic E-state index is 13.1. The molecule has 146 valence electrons. The number of hydrogen-bond acceptors (Lipinski definition) is 4. The number of halogens is 1. The third-order valence-corrected chi connectivity index (χ3v) is 4.66. The van der Waals surface area contributed by atoms with Gasteiger partial charge in [-0.15, -0.1) is 0 Å². The van der Waals surface area contributed by atoms with Crippen LogP contribution in [0.2, 0.25) is 0 Å². The molecule has 0 heterocycles. The summed E-state index contributed by atoms with van der Waals surface area (Å²) in [5.41, 5.74) is 3.75. The van der Waals surface area contributed by atoms with Gasteiger partial charge in [-0.1, -0.05) is 42.5 Å². The van der Waals surface area contributed by atoms with Crippen molar-refractivity contribution in [1.29, 1.82) is 0 Å². The Balaban J connectivity index is 1.97. The van der Waals surface area contributed by atoms with Crippen molar-refractivity contribution in [3.05, 3.63) is 71.5 Å². The van der Waals surface area contributed by atoms with Crippen LogP contribution in [-0.4, -0.2) is 36.7 Å². The van der Waals surface area contributed by atoms with Crippen molar-refractivity contribution in [2.75, 3.05) is 20.7 Å². The number of hydrogen-bond donors (Lipinski definition) is 2. The zero-order chi connectivity index (χ0) is 19.6. The predicted molar refractivity (Wildman–Crippen MR) is 102 cm³/mol. The summed E-state index contributed by atoms with van der Waals surface area (Å²) >= 11 is 0. The number of methoxy groups -OCH3 is 1. The van der Waals surface area contributed by atoms with E-state index < -0.39 is 11.8 Å². The maximum atomic E-state index is 13.1. The third-order valence-electron chi connectivity index (χ3n) is 4.66. The molecule has 2 atom stereocenters. The average Bonchev–Trinajstić information content (AvgIpc) is 2.69. The molecule has 5 nitrogen and oxygen atoms in total. The topological polar surface area (TPSA) is 61.8 Å². The van der Waals surface area contributed by atoms with E-state index in [9.17, 15) is 9.18 Å². The van der Waals surface area contributed by atoms with E-state index in [1.165, 1.54) is 17.7 Å². The number of ether oxygens (including phenoxy) is 1. The zero-order valence-corrected chi connectivity index (χ0v) is 15.8. The molecule has 0 bridgehead atoms. The Morgan fingerprint density at radius 1 is 1.19 bits per heavy atom. The highest BCUT2D eigenvalue weighted by molar-refractivity contribution is 5.77. The fraction of sp³-hybridized carbons (Fsp3) is 0.381. The van der Waals surface area contributed by atoms with Crippen LogP contribution < -0.4 is 5.48 Å². The lowest BCUT2D eigenvalue weighted by molar-refractivity contribution is -0.135. The van der Waals surface area contributed by atoms with Crippen molar-refractivity contribution < 1.29 is 19.1 Å². The smallest absolute Gasteiger partial charge is 0.246 e. The largest absolute Gasteiger partial charge is 0.377 e. The highest BCUT2D eigenvalue weighted by Gasteiger charge is 2.24. The Bertz CT molecular complexity index is 694. The summed E-state index contributed by atoms with van der Waals surface area (Å²) in [5, 5.41) is 9.09. The molecule has 0 fully saturated rings. The molecule has 0 aliphatic carbocycles. The lowest BCUT2D eigenvalue weighted by Gasteiger charge is -2.24. The van der Waals surface area contributed by atoms with Gasteiger partial charge in [0.2, 0.25) is 5.91 Å². The van der Waals surface area contributed by atoms with E-state index in [-0.39, 0.29) is 11.9 Å². The highest BCUT2D eigenvalue weighted by Crippen LogP contribution is 2.27. The van der Waals surface area contributed by atoms with Crippen molar-refractivity contribution >= 4 is 5.91 Å². The molecule has 2 aromatic rings. The first-order valence-electron chi connectivity index (χ1n) is 8.98. The monoisotopic (exact) mass is 374 g/mol. The van der Waals surface area contributed by atoms with E-state index in [4.69, 9.17) is 9.94 Å². The van der Waals surface area contributed by atoms with Gasteiger partial charge in [0.25, 0.3) is 0 Å². The summed E-state index contributed by atoms with van der Waals surface area (Å²) in [6.07, 6.45) is 0.608. The molecule has 1 amide bonds. The van der Waals surface area contributed by atoms with Gasteiger partial charge in [0.15, 0.2) is 0 Å². The molecule has 2 aromatic carbocycles. The second-order valence-corrected chi connectivity index (χ2v) is 6.70. The van der Waals surface area contributed by atoms with Crippen LogP contribution in [0, 0.1) is 11.7 Å². The fourth-order valence-electron chi connectivity index (χ4n) is 3.10. The summed E-state index contributed by atoms with van der Waals surface area (Å²) in [6.45, 7) is 1.47. The Hall–Kier alpha value is -2.28. The molecule has 2 N–H and O–H groups in total. The second-order valence-electron chi connectivity index (χ2n) is 6.70. The molecule has 1 unspecified atom stereocenters. The molecule has 0 saturated heterocycles. The minimum atomic E-state index is -0.438. The van der Waals surface area contributed by atoms with Crippen molar-refractivity contribution in [1.82, 2.24) is 10.4 Å². The first kappa shape index (κ1) is 21.0. The normalized spacial score (nSPS) is 13.4. The Kier molecular flexibility index (Phi) is 8.39. The van der Waals surface area contributed by atoms with Gasteiger partial charge in [0.05, 0.1) is 6.10 Å². The molecule has 6 heteroatoms. The molecule has 0 radical (unpaired) electrons. The van der Waals surface area contributed by atoms with Crippen LogP contribution in [0.3, 0.4) is 0 Å². The van der Waals surface area contributed by atoms with Crippen LogP contribution in [0.15, 0.2) is 54.6 Å². The molecule has 2 rings (SSSR count). The molecular weight excluding hydrogens is 347 g/mol. The van der Waals surface area contributed by atoms with Crippen molar-refractivity contribution in [3.8, 4) is 0 Å². The standard InChI is InChI=1S/C21H27FN2O3/c1-24(15-16-6-4-3-5-7-16)13-12-18(21(25)23-26)14-20(27-2)17-8-10-19(22)11-9-17/h3-11,18,20,26H,12-15H2,1-2H3,(H,23,25)/t18-,20?/m0/s1. The third kappa shape index (κ3) is 6.75. The molecule has 27 heavy (non-hydrogen) atoms. The number of carbonyl (C=O) groups is 1. The lowest BCUT2D eigenvalue weighted by Crippen LogP contribution is -2.32. The Morgan fingerprint density at radius 3 is 2.44 bits per heavy atom. The van der Waals surface area contributed by atoms with E-state index in [1.54, 1.807) is 24.7 Å². The summed E-state index contributed by atoms with van der Waals surface area (Å²) in [6, 6.07) is 16.1. The molecule has 0 spiro atoms. The SMILES string of the molecule is COC(C[C@H](CCN(C)Cc1ccccc1)C(=O)NO)c1ccc(F)cc1. The van der Waals surface area contributed by atoms with Crippen LogP contribution in [0.4, 0.5) is 4.39 Å². The quantitative estimate of drug-likeness (QED) is 0.493. The van der Waals surface area contributed by atoms with Crippen molar-refractivity contribution in [3.63, 3.8) is 0 Å². The highest BCUT2D eigenvalue weighted by atomic mass is 19.1. The molecule has 0 aliphatic heterocycles. The van der Waals surface area contributed by atoms with Crippen LogP contribution in [0.1, 0.15) is 30.1 Å². The van der Waals surface area contributed by atoms with E-state index >= 15 is 0 Å². The molecule has 0 aliphatic rings. The Labute approximate surface area is 159 Å². The van der Waals surface area contributed by atoms with Crippen LogP contribution in [0.25, 0.3) is 0 Å². The number of benzene rings is 2. The fourth-order valence-corrected chi connectivity index (χ4v) is 3.10. The van der Waals surface area contributed by atoms with Gasteiger partial charge in [-0.05, 0) is 49.7 Å². The van der Waals surface area contributed by atoms with Gasteiger partial charge >= 0.3 is 0 Å². The first-order valence-corrected chi connectivity index (χ1v) is 8.98. The van der Waals surface area contributed by atoms with E-state index in [2.05, 4.69) is 17.0 Å².